The van der Waals surface area contributed by atoms with Gasteiger partial charge in [-0.1, -0.05) is 29.3 Å². The molecule has 9 heteroatoms. The van der Waals surface area contributed by atoms with Crippen LogP contribution in [0.5, 0.6) is 0 Å². The van der Waals surface area contributed by atoms with Crippen LogP contribution in [-0.2, 0) is 16.6 Å². The Morgan fingerprint density at radius 2 is 2.12 bits per heavy atom. The van der Waals surface area contributed by atoms with Crippen LogP contribution >= 0.6 is 23.2 Å². The number of hydrogen-bond donors (Lipinski definition) is 2. The van der Waals surface area contributed by atoms with Crippen LogP contribution in [0.2, 0.25) is 10.0 Å². The van der Waals surface area contributed by atoms with Crippen molar-refractivity contribution in [3.63, 3.8) is 0 Å². The van der Waals surface area contributed by atoms with E-state index in [-0.39, 0.29) is 27.5 Å². The number of nitrogens with zero attached hydrogens (tertiary/aromatic N) is 2. The van der Waals surface area contributed by atoms with Gasteiger partial charge in [0.2, 0.25) is 10.0 Å². The van der Waals surface area contributed by atoms with Crippen molar-refractivity contribution in [3.8, 4) is 0 Å². The van der Waals surface area contributed by atoms with Gasteiger partial charge in [-0.2, -0.15) is 0 Å². The van der Waals surface area contributed by atoms with Gasteiger partial charge in [-0.25, -0.2) is 18.1 Å². The Kier molecular flexibility index (Phi) is 5.46. The lowest BCUT2D eigenvalue weighted by atomic mass is 10.1. The van der Waals surface area contributed by atoms with Crippen molar-refractivity contribution in [2.75, 3.05) is 13.1 Å². The molecular weight excluding hydrogens is 371 g/mol. The summed E-state index contributed by atoms with van der Waals surface area (Å²) in [6.07, 6.45) is 5.82. The van der Waals surface area contributed by atoms with E-state index in [0.29, 0.717) is 6.54 Å². The summed E-state index contributed by atoms with van der Waals surface area (Å²) >= 11 is 11.9. The van der Waals surface area contributed by atoms with Crippen LogP contribution in [0.3, 0.4) is 0 Å². The van der Waals surface area contributed by atoms with E-state index < -0.39 is 10.0 Å². The number of imidazole rings is 1. The highest BCUT2D eigenvalue weighted by Gasteiger charge is 2.22. The normalized spacial score (nSPS) is 17.7. The van der Waals surface area contributed by atoms with Crippen LogP contribution < -0.4 is 10.0 Å². The molecule has 2 aromatic rings. The molecule has 0 bridgehead atoms. The number of aryl methyl sites for hydroxylation is 1. The van der Waals surface area contributed by atoms with Crippen molar-refractivity contribution in [2.24, 2.45) is 0 Å². The summed E-state index contributed by atoms with van der Waals surface area (Å²) < 4.78 is 29.3. The molecule has 1 aliphatic rings. The molecule has 0 spiro atoms. The highest BCUT2D eigenvalue weighted by Crippen LogP contribution is 2.28. The van der Waals surface area contributed by atoms with E-state index in [4.69, 9.17) is 23.2 Å². The van der Waals surface area contributed by atoms with Gasteiger partial charge in [-0.3, -0.25) is 0 Å². The average molecular weight is 389 g/mol. The van der Waals surface area contributed by atoms with Gasteiger partial charge < -0.3 is 9.88 Å². The predicted molar refractivity (Wildman–Crippen MR) is 93.9 cm³/mol. The number of aromatic nitrogens is 2. The monoisotopic (exact) mass is 388 g/mol. The molecular formula is C15H18Cl2N4O2S. The van der Waals surface area contributed by atoms with Crippen molar-refractivity contribution >= 4 is 33.2 Å². The minimum Gasteiger partial charge on any atom is -0.334 e. The van der Waals surface area contributed by atoms with Gasteiger partial charge in [0.1, 0.15) is 10.7 Å². The van der Waals surface area contributed by atoms with Crippen LogP contribution in [0.25, 0.3) is 0 Å². The van der Waals surface area contributed by atoms with Crippen molar-refractivity contribution in [3.05, 3.63) is 46.5 Å². The average Bonchev–Trinajstić information content (AvgIpc) is 3.03. The van der Waals surface area contributed by atoms with Gasteiger partial charge in [0.25, 0.3) is 0 Å². The zero-order valence-electron chi connectivity index (χ0n) is 12.9. The summed E-state index contributed by atoms with van der Waals surface area (Å²) in [5.41, 5.74) is 0. The van der Waals surface area contributed by atoms with Crippen molar-refractivity contribution in [2.45, 2.75) is 30.3 Å². The molecule has 0 fully saturated rings. The number of benzene rings is 1. The predicted octanol–water partition coefficient (Wildman–Crippen LogP) is 2.59. The van der Waals surface area contributed by atoms with Gasteiger partial charge in [0.05, 0.1) is 16.1 Å². The fourth-order valence-corrected chi connectivity index (χ4v) is 4.60. The van der Waals surface area contributed by atoms with Crippen LogP contribution in [0.4, 0.5) is 0 Å². The second kappa shape index (κ2) is 7.41. The van der Waals surface area contributed by atoms with Crippen molar-refractivity contribution < 1.29 is 8.42 Å². The Balaban J connectivity index is 1.56. The third kappa shape index (κ3) is 3.75. The van der Waals surface area contributed by atoms with E-state index in [9.17, 15) is 8.42 Å². The molecule has 2 heterocycles. The summed E-state index contributed by atoms with van der Waals surface area (Å²) in [7, 11) is -3.69. The maximum absolute atomic E-state index is 12.3. The lowest BCUT2D eigenvalue weighted by Gasteiger charge is -2.24. The fourth-order valence-electron chi connectivity index (χ4n) is 2.81. The second-order valence-corrected chi connectivity index (χ2v) is 8.10. The fraction of sp³-hybridized carbons (Fsp3) is 0.400. The highest BCUT2D eigenvalue weighted by molar-refractivity contribution is 7.89. The molecule has 3 rings (SSSR count). The Morgan fingerprint density at radius 1 is 1.29 bits per heavy atom. The first-order valence-corrected chi connectivity index (χ1v) is 9.91. The van der Waals surface area contributed by atoms with Crippen LogP contribution in [0, 0.1) is 0 Å². The van der Waals surface area contributed by atoms with E-state index >= 15 is 0 Å². The lowest BCUT2D eigenvalue weighted by Crippen LogP contribution is -2.35. The van der Waals surface area contributed by atoms with Crippen molar-refractivity contribution in [1.82, 2.24) is 19.6 Å². The van der Waals surface area contributed by atoms with Gasteiger partial charge >= 0.3 is 0 Å². The summed E-state index contributed by atoms with van der Waals surface area (Å²) in [5.74, 6) is 1.00. The second-order valence-electron chi connectivity index (χ2n) is 5.58. The van der Waals surface area contributed by atoms with E-state index in [0.717, 1.165) is 25.2 Å². The molecule has 0 saturated carbocycles. The lowest BCUT2D eigenvalue weighted by molar-refractivity contribution is 0.388. The quantitative estimate of drug-likeness (QED) is 0.745. The van der Waals surface area contributed by atoms with Crippen LogP contribution in [0.1, 0.15) is 24.7 Å². The third-order valence-electron chi connectivity index (χ3n) is 3.96. The van der Waals surface area contributed by atoms with Gasteiger partial charge in [0, 0.05) is 32.0 Å². The smallest absolute Gasteiger partial charge is 0.242 e. The van der Waals surface area contributed by atoms with Crippen LogP contribution in [0.15, 0.2) is 35.5 Å². The molecule has 0 amide bonds. The largest absolute Gasteiger partial charge is 0.334 e. The van der Waals surface area contributed by atoms with E-state index in [1.807, 2.05) is 6.20 Å². The van der Waals surface area contributed by atoms with E-state index in [2.05, 4.69) is 19.6 Å². The number of sulfonamides is 1. The number of halogens is 2. The van der Waals surface area contributed by atoms with E-state index in [1.54, 1.807) is 18.3 Å². The summed E-state index contributed by atoms with van der Waals surface area (Å²) in [6.45, 7) is 1.73. The van der Waals surface area contributed by atoms with Gasteiger partial charge in [-0.05, 0) is 25.0 Å². The highest BCUT2D eigenvalue weighted by atomic mass is 35.5. The molecule has 1 aromatic heterocycles. The number of nitrogens with one attached hydrogen (secondary N) is 2. The minimum absolute atomic E-state index is 0.00937. The third-order valence-corrected chi connectivity index (χ3v) is 6.40. The summed E-state index contributed by atoms with van der Waals surface area (Å²) in [5, 5.41) is 3.60. The molecule has 1 aliphatic heterocycles. The Labute approximate surface area is 151 Å². The Bertz CT molecular complexity index is 823. The maximum atomic E-state index is 12.3. The topological polar surface area (TPSA) is 76.0 Å². The molecule has 130 valence electrons. The van der Waals surface area contributed by atoms with E-state index in [1.165, 1.54) is 6.07 Å². The molecule has 24 heavy (non-hydrogen) atoms. The number of hydrogen-bond acceptors (Lipinski definition) is 4. The summed E-state index contributed by atoms with van der Waals surface area (Å²) in [6, 6.07) is 4.69. The zero-order valence-corrected chi connectivity index (χ0v) is 15.2. The summed E-state index contributed by atoms with van der Waals surface area (Å²) in [4.78, 5) is 4.35. The standard InChI is InChI=1S/C15H18Cl2N4O2S/c16-11-3-1-5-13(14(11)17)24(22,23)20-7-6-18-12-4-2-9-21-10-8-19-15(12)21/h1,3,5,8,10,12,18,20H,2,4,6-7,9H2. The molecule has 1 atom stereocenters. The number of fused-ring (bicyclic) bond motifs is 1. The molecule has 6 nitrogen and oxygen atoms in total. The number of rotatable bonds is 6. The van der Waals surface area contributed by atoms with Crippen LogP contribution in [-0.4, -0.2) is 31.1 Å². The zero-order chi connectivity index (χ0) is 17.2. The molecule has 0 saturated heterocycles. The Morgan fingerprint density at radius 3 is 2.96 bits per heavy atom. The molecule has 2 N–H and O–H groups in total. The molecule has 1 aromatic carbocycles. The first kappa shape index (κ1) is 17.7. The molecule has 1 unspecified atom stereocenters. The maximum Gasteiger partial charge on any atom is 0.242 e. The molecule has 0 radical (unpaired) electrons. The Hall–Kier alpha value is -1.12. The van der Waals surface area contributed by atoms with Gasteiger partial charge in [-0.15, -0.1) is 0 Å². The van der Waals surface area contributed by atoms with Crippen molar-refractivity contribution in [1.29, 1.82) is 0 Å². The molecule has 0 aliphatic carbocycles. The first-order valence-electron chi connectivity index (χ1n) is 7.67. The van der Waals surface area contributed by atoms with Gasteiger partial charge in [0.15, 0.2) is 0 Å². The SMILES string of the molecule is O=S(=O)(NCCNC1CCCn2ccnc21)c1cccc(Cl)c1Cl. The minimum atomic E-state index is -3.69. The first-order chi connectivity index (χ1) is 11.5.